The van der Waals surface area contributed by atoms with Gasteiger partial charge in [-0.1, -0.05) is 92.7 Å². The van der Waals surface area contributed by atoms with Crippen LogP contribution in [0.1, 0.15) is 43.1 Å². The number of hydrogen-bond donors (Lipinski definition) is 3. The fourth-order valence-corrected chi connectivity index (χ4v) is 4.80. The van der Waals surface area contributed by atoms with Crippen LogP contribution in [0.25, 0.3) is 22.2 Å². The van der Waals surface area contributed by atoms with E-state index >= 15 is 0 Å². The van der Waals surface area contributed by atoms with Crippen molar-refractivity contribution in [2.75, 3.05) is 6.61 Å². The average Bonchev–Trinajstić information content (AvgIpc) is 3.36. The Morgan fingerprint density at radius 1 is 0.805 bits per heavy atom. The van der Waals surface area contributed by atoms with Crippen LogP contribution < -0.4 is 10.6 Å². The molecule has 0 bridgehead atoms. The van der Waals surface area contributed by atoms with Crippen LogP contribution in [0.4, 0.5) is 0 Å². The lowest BCUT2D eigenvalue weighted by Crippen LogP contribution is -2.54. The highest BCUT2D eigenvalue weighted by Crippen LogP contribution is 2.30. The minimum absolute atomic E-state index is 0.0179. The van der Waals surface area contributed by atoms with Crippen LogP contribution in [0.3, 0.4) is 0 Å². The summed E-state index contributed by atoms with van der Waals surface area (Å²) in [5.74, 6) is -2.76. The predicted molar refractivity (Wildman–Crippen MR) is 158 cm³/mol. The van der Waals surface area contributed by atoms with Crippen molar-refractivity contribution in [3.63, 3.8) is 0 Å². The van der Waals surface area contributed by atoms with E-state index in [1.807, 2.05) is 86.6 Å². The highest BCUT2D eigenvalue weighted by Gasteiger charge is 2.32. The Hall–Kier alpha value is -4.72. The second kappa shape index (κ2) is 13.6. The van der Waals surface area contributed by atoms with Crippen LogP contribution in [0, 0.1) is 5.92 Å². The molecule has 41 heavy (non-hydrogen) atoms. The smallest absolute Gasteiger partial charge is 0.328 e. The molecule has 0 saturated heterocycles. The Balaban J connectivity index is 1.59. The first-order valence-corrected chi connectivity index (χ1v) is 13.8. The van der Waals surface area contributed by atoms with Gasteiger partial charge in [-0.25, -0.2) is 4.79 Å². The van der Waals surface area contributed by atoms with E-state index in [0.717, 1.165) is 16.6 Å². The SMILES string of the molecule is CCOC(=O)[C@@H](Cc1ccccc1)NC(=O)[C@H](CC(C)C)NC(=O)C(=O)c1c(-c2ccccc2)[nH]c2ccccc12. The number of para-hydroxylation sites is 1. The van der Waals surface area contributed by atoms with Gasteiger partial charge in [-0.3, -0.25) is 14.4 Å². The van der Waals surface area contributed by atoms with Crippen LogP contribution in [-0.2, 0) is 25.5 Å². The van der Waals surface area contributed by atoms with Gasteiger partial charge in [0.1, 0.15) is 12.1 Å². The molecule has 0 unspecified atom stereocenters. The summed E-state index contributed by atoms with van der Waals surface area (Å²) >= 11 is 0. The molecule has 2 amide bonds. The first-order chi connectivity index (χ1) is 19.8. The van der Waals surface area contributed by atoms with Crippen molar-refractivity contribution < 1.29 is 23.9 Å². The van der Waals surface area contributed by atoms with Crippen molar-refractivity contribution in [2.24, 2.45) is 5.92 Å². The summed E-state index contributed by atoms with van der Waals surface area (Å²) in [6.45, 7) is 5.68. The monoisotopic (exact) mass is 553 g/mol. The summed E-state index contributed by atoms with van der Waals surface area (Å²) in [7, 11) is 0. The van der Waals surface area contributed by atoms with Gasteiger partial charge in [-0.15, -0.1) is 0 Å². The van der Waals surface area contributed by atoms with Gasteiger partial charge in [-0.2, -0.15) is 0 Å². The minimum Gasteiger partial charge on any atom is -0.464 e. The summed E-state index contributed by atoms with van der Waals surface area (Å²) in [6, 6.07) is 23.9. The highest BCUT2D eigenvalue weighted by molar-refractivity contribution is 6.46. The van der Waals surface area contributed by atoms with Crippen LogP contribution in [0.15, 0.2) is 84.9 Å². The largest absolute Gasteiger partial charge is 0.464 e. The molecule has 8 heteroatoms. The van der Waals surface area contributed by atoms with E-state index in [0.29, 0.717) is 11.1 Å². The van der Waals surface area contributed by atoms with Gasteiger partial charge >= 0.3 is 5.97 Å². The summed E-state index contributed by atoms with van der Waals surface area (Å²) in [5.41, 5.74) is 3.09. The molecule has 1 heterocycles. The lowest BCUT2D eigenvalue weighted by atomic mass is 9.99. The molecular formula is C33H35N3O5. The second-order valence-corrected chi connectivity index (χ2v) is 10.3. The molecule has 4 aromatic rings. The molecule has 1 aromatic heterocycles. The molecule has 0 saturated carbocycles. The normalized spacial score (nSPS) is 12.5. The maximum Gasteiger partial charge on any atom is 0.328 e. The fourth-order valence-electron chi connectivity index (χ4n) is 4.80. The number of ketones is 1. The third-order valence-electron chi connectivity index (χ3n) is 6.70. The summed E-state index contributed by atoms with van der Waals surface area (Å²) in [4.78, 5) is 56.6. The zero-order valence-electron chi connectivity index (χ0n) is 23.5. The Bertz CT molecular complexity index is 1510. The van der Waals surface area contributed by atoms with Crippen molar-refractivity contribution in [1.82, 2.24) is 15.6 Å². The van der Waals surface area contributed by atoms with Crippen LogP contribution in [0.5, 0.6) is 0 Å². The van der Waals surface area contributed by atoms with Crippen LogP contribution in [0.2, 0.25) is 0 Å². The van der Waals surface area contributed by atoms with Crippen molar-refractivity contribution in [1.29, 1.82) is 0 Å². The molecular weight excluding hydrogens is 518 g/mol. The molecule has 0 aliphatic carbocycles. The van der Waals surface area contributed by atoms with Crippen LogP contribution >= 0.6 is 0 Å². The van der Waals surface area contributed by atoms with Gasteiger partial charge in [0, 0.05) is 17.3 Å². The van der Waals surface area contributed by atoms with E-state index in [9.17, 15) is 19.2 Å². The van der Waals surface area contributed by atoms with Gasteiger partial charge in [0.05, 0.1) is 17.9 Å². The molecule has 0 spiro atoms. The first kappa shape index (κ1) is 29.3. The number of Topliss-reactive ketones (excluding diaryl/α,β-unsaturated/α-hetero) is 1. The molecule has 0 aliphatic heterocycles. The van der Waals surface area contributed by atoms with Crippen molar-refractivity contribution in [2.45, 2.75) is 45.7 Å². The zero-order valence-corrected chi connectivity index (χ0v) is 23.5. The van der Waals surface area contributed by atoms with E-state index in [2.05, 4.69) is 15.6 Å². The van der Waals surface area contributed by atoms with Gasteiger partial charge in [-0.05, 0) is 36.5 Å². The average molecular weight is 554 g/mol. The fraction of sp³-hybridized carbons (Fsp3) is 0.273. The van der Waals surface area contributed by atoms with Gasteiger partial charge in [0.2, 0.25) is 5.91 Å². The summed E-state index contributed by atoms with van der Waals surface area (Å²) in [6.07, 6.45) is 0.494. The summed E-state index contributed by atoms with van der Waals surface area (Å²) in [5, 5.41) is 6.02. The Morgan fingerprint density at radius 3 is 2.10 bits per heavy atom. The number of benzene rings is 3. The first-order valence-electron chi connectivity index (χ1n) is 13.8. The number of esters is 1. The van der Waals surface area contributed by atoms with Gasteiger partial charge in [0.25, 0.3) is 11.7 Å². The topological polar surface area (TPSA) is 117 Å². The Morgan fingerprint density at radius 2 is 1.44 bits per heavy atom. The van der Waals surface area contributed by atoms with E-state index in [1.54, 1.807) is 19.1 Å². The lowest BCUT2D eigenvalue weighted by molar-refractivity contribution is -0.147. The minimum atomic E-state index is -1.04. The third-order valence-corrected chi connectivity index (χ3v) is 6.70. The number of rotatable bonds is 12. The molecule has 3 N–H and O–H groups in total. The standard InChI is InChI=1S/C33H35N3O5/c1-4-41-33(40)27(20-22-13-7-5-8-14-22)36-31(38)26(19-21(2)3)35-32(39)30(37)28-24-17-11-12-18-25(24)34-29(28)23-15-9-6-10-16-23/h5-18,21,26-27,34H,4,19-20H2,1-3H3,(H,35,39)(H,36,38)/t26-,27+/m0/s1. The maximum atomic E-state index is 13.7. The molecule has 8 nitrogen and oxygen atoms in total. The number of amides is 2. The van der Waals surface area contributed by atoms with Crippen molar-refractivity contribution in [3.8, 4) is 11.3 Å². The molecule has 0 fully saturated rings. The maximum absolute atomic E-state index is 13.7. The summed E-state index contributed by atoms with van der Waals surface area (Å²) < 4.78 is 5.20. The molecule has 3 aromatic carbocycles. The molecule has 212 valence electrons. The van der Waals surface area contributed by atoms with Crippen molar-refractivity contribution >= 4 is 34.5 Å². The number of aromatic nitrogens is 1. The highest BCUT2D eigenvalue weighted by atomic mass is 16.5. The van der Waals surface area contributed by atoms with E-state index in [-0.39, 0.29) is 30.9 Å². The lowest BCUT2D eigenvalue weighted by Gasteiger charge is -2.23. The zero-order chi connectivity index (χ0) is 29.4. The number of ether oxygens (including phenoxy) is 1. The quantitative estimate of drug-likeness (QED) is 0.132. The second-order valence-electron chi connectivity index (χ2n) is 10.3. The van der Waals surface area contributed by atoms with Crippen LogP contribution in [-0.4, -0.2) is 47.2 Å². The van der Waals surface area contributed by atoms with E-state index < -0.39 is 35.7 Å². The van der Waals surface area contributed by atoms with E-state index in [4.69, 9.17) is 4.74 Å². The molecule has 4 rings (SSSR count). The van der Waals surface area contributed by atoms with Gasteiger partial charge in [0.15, 0.2) is 0 Å². The number of carbonyl (C=O) groups excluding carboxylic acids is 4. The number of carbonyl (C=O) groups is 4. The van der Waals surface area contributed by atoms with E-state index in [1.165, 1.54) is 0 Å². The molecule has 0 radical (unpaired) electrons. The third kappa shape index (κ3) is 7.28. The number of fused-ring (bicyclic) bond motifs is 1. The Labute approximate surface area is 239 Å². The van der Waals surface area contributed by atoms with Gasteiger partial charge < -0.3 is 20.4 Å². The predicted octanol–water partition coefficient (Wildman–Crippen LogP) is 4.84. The Kier molecular flexibility index (Phi) is 9.68. The number of H-pyrrole nitrogens is 1. The number of nitrogens with one attached hydrogen (secondary N) is 3. The van der Waals surface area contributed by atoms with Crippen molar-refractivity contribution in [3.05, 3.63) is 96.1 Å². The molecule has 2 atom stereocenters. The number of aromatic amines is 1. The number of hydrogen-bond acceptors (Lipinski definition) is 5. The molecule has 0 aliphatic rings.